The SMILES string of the molecule is CC(C)NC(=O)c1cnn2c1CC(CNc1nc(C(C)(C)C)ns1)CC2. The summed E-state index contributed by atoms with van der Waals surface area (Å²) in [7, 11) is 0. The zero-order valence-corrected chi connectivity index (χ0v) is 17.0. The van der Waals surface area contributed by atoms with Crippen LogP contribution >= 0.6 is 11.5 Å². The van der Waals surface area contributed by atoms with E-state index in [1.54, 1.807) is 6.20 Å². The number of hydrogen-bond donors (Lipinski definition) is 2. The molecule has 1 atom stereocenters. The van der Waals surface area contributed by atoms with Gasteiger partial charge in [0.05, 0.1) is 17.5 Å². The fraction of sp³-hybridized carbons (Fsp3) is 0.667. The second kappa shape index (κ2) is 7.34. The Labute approximate surface area is 158 Å². The molecular weight excluding hydrogens is 348 g/mol. The van der Waals surface area contributed by atoms with Gasteiger partial charge in [0, 0.05) is 36.1 Å². The van der Waals surface area contributed by atoms with Crippen molar-refractivity contribution < 1.29 is 4.79 Å². The van der Waals surface area contributed by atoms with Crippen LogP contribution in [-0.2, 0) is 18.4 Å². The topological polar surface area (TPSA) is 84.7 Å². The number of nitrogens with zero attached hydrogens (tertiary/aromatic N) is 4. The highest BCUT2D eigenvalue weighted by atomic mass is 32.1. The third kappa shape index (κ3) is 4.23. The van der Waals surface area contributed by atoms with E-state index in [9.17, 15) is 4.79 Å². The fourth-order valence-corrected chi connectivity index (χ4v) is 3.80. The Morgan fingerprint density at radius 3 is 2.85 bits per heavy atom. The molecular formula is C18H28N6OS. The fourth-order valence-electron chi connectivity index (χ4n) is 3.03. The lowest BCUT2D eigenvalue weighted by Gasteiger charge is -2.24. The zero-order valence-electron chi connectivity index (χ0n) is 16.2. The summed E-state index contributed by atoms with van der Waals surface area (Å²) >= 11 is 1.41. The van der Waals surface area contributed by atoms with Crippen molar-refractivity contribution in [2.75, 3.05) is 11.9 Å². The summed E-state index contributed by atoms with van der Waals surface area (Å²) in [5.41, 5.74) is 1.70. The number of carbonyl (C=O) groups excluding carboxylic acids is 1. The predicted octanol–water partition coefficient (Wildman–Crippen LogP) is 2.84. The molecule has 0 saturated heterocycles. The van der Waals surface area contributed by atoms with Crippen molar-refractivity contribution in [3.05, 3.63) is 23.3 Å². The average Bonchev–Trinajstić information content (AvgIpc) is 3.18. The molecule has 3 heterocycles. The van der Waals surface area contributed by atoms with Gasteiger partial charge in [-0.15, -0.1) is 0 Å². The van der Waals surface area contributed by atoms with Gasteiger partial charge in [0.1, 0.15) is 5.82 Å². The summed E-state index contributed by atoms with van der Waals surface area (Å²) in [6.07, 6.45) is 3.58. The molecule has 1 aliphatic rings. The molecule has 142 valence electrons. The number of nitrogens with one attached hydrogen (secondary N) is 2. The molecule has 8 heteroatoms. The number of amides is 1. The normalized spacial score (nSPS) is 17.2. The summed E-state index contributed by atoms with van der Waals surface area (Å²) in [6.45, 7) is 12.0. The molecule has 0 fully saturated rings. The summed E-state index contributed by atoms with van der Waals surface area (Å²) in [6, 6.07) is 0.119. The Kier molecular flexibility index (Phi) is 5.32. The molecule has 2 N–H and O–H groups in total. The smallest absolute Gasteiger partial charge is 0.254 e. The predicted molar refractivity (Wildman–Crippen MR) is 104 cm³/mol. The van der Waals surface area contributed by atoms with Crippen LogP contribution in [0.1, 0.15) is 62.9 Å². The van der Waals surface area contributed by atoms with Crippen molar-refractivity contribution in [2.45, 2.75) is 65.5 Å². The van der Waals surface area contributed by atoms with Crippen LogP contribution < -0.4 is 10.6 Å². The van der Waals surface area contributed by atoms with Crippen LogP contribution in [0.15, 0.2) is 6.20 Å². The molecule has 0 bridgehead atoms. The van der Waals surface area contributed by atoms with E-state index < -0.39 is 0 Å². The second-order valence-electron chi connectivity index (χ2n) is 8.27. The molecule has 0 aliphatic carbocycles. The van der Waals surface area contributed by atoms with Gasteiger partial charge in [0.15, 0.2) is 0 Å². The van der Waals surface area contributed by atoms with E-state index in [0.717, 1.165) is 42.6 Å². The Morgan fingerprint density at radius 2 is 2.19 bits per heavy atom. The van der Waals surface area contributed by atoms with Crippen LogP contribution in [-0.4, -0.2) is 37.6 Å². The molecule has 1 unspecified atom stereocenters. The molecule has 2 aromatic rings. The van der Waals surface area contributed by atoms with E-state index in [1.807, 2.05) is 18.5 Å². The quantitative estimate of drug-likeness (QED) is 0.838. The van der Waals surface area contributed by atoms with Crippen molar-refractivity contribution in [1.82, 2.24) is 24.5 Å². The second-order valence-corrected chi connectivity index (χ2v) is 9.02. The highest BCUT2D eigenvalue weighted by molar-refractivity contribution is 7.09. The van der Waals surface area contributed by atoms with E-state index in [2.05, 4.69) is 45.9 Å². The van der Waals surface area contributed by atoms with Crippen LogP contribution in [0, 0.1) is 5.92 Å². The van der Waals surface area contributed by atoms with Gasteiger partial charge in [-0.3, -0.25) is 9.48 Å². The maximum Gasteiger partial charge on any atom is 0.254 e. The van der Waals surface area contributed by atoms with Crippen LogP contribution in [0.5, 0.6) is 0 Å². The molecule has 3 rings (SSSR count). The van der Waals surface area contributed by atoms with Crippen LogP contribution in [0.4, 0.5) is 5.13 Å². The first-order valence-electron chi connectivity index (χ1n) is 9.17. The van der Waals surface area contributed by atoms with Crippen molar-refractivity contribution in [2.24, 2.45) is 5.92 Å². The van der Waals surface area contributed by atoms with Gasteiger partial charge in [-0.1, -0.05) is 20.8 Å². The highest BCUT2D eigenvalue weighted by Gasteiger charge is 2.26. The monoisotopic (exact) mass is 376 g/mol. The van der Waals surface area contributed by atoms with Crippen molar-refractivity contribution >= 4 is 22.6 Å². The molecule has 7 nitrogen and oxygen atoms in total. The first-order valence-corrected chi connectivity index (χ1v) is 9.95. The molecule has 1 aliphatic heterocycles. The van der Waals surface area contributed by atoms with E-state index in [4.69, 9.17) is 0 Å². The largest absolute Gasteiger partial charge is 0.360 e. The van der Waals surface area contributed by atoms with E-state index >= 15 is 0 Å². The third-order valence-corrected chi connectivity index (χ3v) is 5.16. The average molecular weight is 377 g/mol. The van der Waals surface area contributed by atoms with Gasteiger partial charge < -0.3 is 10.6 Å². The maximum absolute atomic E-state index is 12.4. The van der Waals surface area contributed by atoms with Gasteiger partial charge in [-0.2, -0.15) is 9.47 Å². The Balaban J connectivity index is 1.62. The summed E-state index contributed by atoms with van der Waals surface area (Å²) in [5, 5.41) is 11.6. The number of anilines is 1. The molecule has 1 amide bonds. The van der Waals surface area contributed by atoms with Crippen molar-refractivity contribution in [3.8, 4) is 0 Å². The van der Waals surface area contributed by atoms with Gasteiger partial charge >= 0.3 is 0 Å². The minimum atomic E-state index is -0.0353. The van der Waals surface area contributed by atoms with Gasteiger partial charge in [-0.25, -0.2) is 4.98 Å². The Bertz CT molecular complexity index is 773. The third-order valence-electron chi connectivity index (χ3n) is 4.48. The number of hydrogen-bond acceptors (Lipinski definition) is 6. The molecule has 0 aromatic carbocycles. The van der Waals surface area contributed by atoms with Crippen LogP contribution in [0.25, 0.3) is 0 Å². The van der Waals surface area contributed by atoms with E-state index in [-0.39, 0.29) is 17.4 Å². The standard InChI is InChI=1S/C18H28N6OS/c1-11(2)21-15(25)13-10-20-24-7-6-12(8-14(13)24)9-19-17-22-16(23-26-17)18(3,4)5/h10-12H,6-9H2,1-5H3,(H,21,25)(H,19,22,23). The minimum Gasteiger partial charge on any atom is -0.360 e. The molecule has 2 aromatic heterocycles. The number of rotatable bonds is 5. The maximum atomic E-state index is 12.4. The molecule has 26 heavy (non-hydrogen) atoms. The first-order chi connectivity index (χ1) is 12.2. The van der Waals surface area contributed by atoms with Crippen molar-refractivity contribution in [3.63, 3.8) is 0 Å². The lowest BCUT2D eigenvalue weighted by atomic mass is 9.94. The first kappa shape index (κ1) is 18.8. The van der Waals surface area contributed by atoms with Crippen LogP contribution in [0.3, 0.4) is 0 Å². The van der Waals surface area contributed by atoms with Gasteiger partial charge in [0.2, 0.25) is 5.13 Å². The van der Waals surface area contributed by atoms with E-state index in [1.165, 1.54) is 11.5 Å². The van der Waals surface area contributed by atoms with E-state index in [0.29, 0.717) is 11.5 Å². The number of aryl methyl sites for hydroxylation is 1. The number of carbonyl (C=O) groups is 1. The number of fused-ring (bicyclic) bond motifs is 1. The highest BCUT2D eigenvalue weighted by Crippen LogP contribution is 2.26. The number of aromatic nitrogens is 4. The summed E-state index contributed by atoms with van der Waals surface area (Å²) < 4.78 is 6.41. The molecule has 0 radical (unpaired) electrons. The lowest BCUT2D eigenvalue weighted by molar-refractivity contribution is 0.0941. The molecule has 0 spiro atoms. The summed E-state index contributed by atoms with van der Waals surface area (Å²) in [5.74, 6) is 1.29. The lowest BCUT2D eigenvalue weighted by Crippen LogP contribution is -2.32. The van der Waals surface area contributed by atoms with Crippen molar-refractivity contribution in [1.29, 1.82) is 0 Å². The van der Waals surface area contributed by atoms with Crippen LogP contribution in [0.2, 0.25) is 0 Å². The Hall–Kier alpha value is -1.96. The molecule has 0 saturated carbocycles. The zero-order chi connectivity index (χ0) is 18.9. The minimum absolute atomic E-state index is 0.0335. The Morgan fingerprint density at radius 1 is 1.42 bits per heavy atom. The van der Waals surface area contributed by atoms with Gasteiger partial charge in [-0.05, 0) is 32.6 Å². The van der Waals surface area contributed by atoms with Gasteiger partial charge in [0.25, 0.3) is 5.91 Å². The summed E-state index contributed by atoms with van der Waals surface area (Å²) in [4.78, 5) is 17.0.